The van der Waals surface area contributed by atoms with Gasteiger partial charge in [0.2, 0.25) is 0 Å². The molecule has 0 unspecified atom stereocenters. The van der Waals surface area contributed by atoms with Gasteiger partial charge in [-0.1, -0.05) is 21.9 Å². The van der Waals surface area contributed by atoms with Gasteiger partial charge in [0.25, 0.3) is 0 Å². The van der Waals surface area contributed by atoms with Crippen molar-refractivity contribution in [2.75, 3.05) is 48.3 Å². The van der Waals surface area contributed by atoms with E-state index >= 15 is 0 Å². The minimum Gasteiger partial charge on any atom is -1.00 e. The maximum Gasteiger partial charge on any atom is 0.101 e. The van der Waals surface area contributed by atoms with Crippen LogP contribution in [0.5, 0.6) is 0 Å². The maximum absolute atomic E-state index is 12.0. The van der Waals surface area contributed by atoms with Gasteiger partial charge in [-0.25, -0.2) is 0 Å². The molecule has 0 N–H and O–H groups in total. The van der Waals surface area contributed by atoms with E-state index < -0.39 is 37.9 Å². The summed E-state index contributed by atoms with van der Waals surface area (Å²) in [6.45, 7) is 2.04. The van der Waals surface area contributed by atoms with E-state index in [1.165, 1.54) is 0 Å². The molecule has 0 fully saturated rings. The summed E-state index contributed by atoms with van der Waals surface area (Å²) in [5.41, 5.74) is 0. The minimum absolute atomic E-state index is 0. The van der Waals surface area contributed by atoms with Crippen LogP contribution in [0, 0.1) is 5.38 Å². The van der Waals surface area contributed by atoms with Crippen molar-refractivity contribution in [1.29, 1.82) is 0 Å². The molecule has 0 aromatic carbocycles. The third kappa shape index (κ3) is 15.5. The van der Waals surface area contributed by atoms with Gasteiger partial charge in [0.05, 0.1) is 51.2 Å². The van der Waals surface area contributed by atoms with Gasteiger partial charge in [-0.2, -0.15) is 0 Å². The highest BCUT2D eigenvalue weighted by Gasteiger charge is 2.39. The van der Waals surface area contributed by atoms with E-state index in [4.69, 9.17) is 0 Å². The summed E-state index contributed by atoms with van der Waals surface area (Å²) >= 11 is 0. The Morgan fingerprint density at radius 2 is 1.05 bits per heavy atom. The predicted octanol–water partition coefficient (Wildman–Crippen LogP) is -4.87. The van der Waals surface area contributed by atoms with Gasteiger partial charge < -0.3 is 24.8 Å². The third-order valence-corrected chi connectivity index (χ3v) is 17.3. The highest BCUT2D eigenvalue weighted by atomic mass is 35.5. The molecule has 0 rings (SSSR count). The van der Waals surface area contributed by atoms with Gasteiger partial charge >= 0.3 is 0 Å². The zero-order chi connectivity index (χ0) is 14.1. The predicted molar refractivity (Wildman–Crippen MR) is 85.4 cm³/mol. The normalized spacial score (nSPS) is 13.4. The van der Waals surface area contributed by atoms with E-state index in [1.54, 1.807) is 37.5 Å². The fourth-order valence-corrected chi connectivity index (χ4v) is 23.4. The van der Waals surface area contributed by atoms with E-state index in [2.05, 4.69) is 0 Å². The van der Waals surface area contributed by atoms with Crippen LogP contribution in [-0.4, -0.2) is 56.4 Å². The van der Waals surface area contributed by atoms with Crippen LogP contribution in [0.4, 0.5) is 0 Å². The van der Waals surface area contributed by atoms with Crippen LogP contribution in [0.25, 0.3) is 0 Å². The Bertz CT molecular complexity index is 350. The molecule has 0 aromatic rings. The fraction of sp³-hybridized carbons (Fsp3) is 0.900. The van der Waals surface area contributed by atoms with E-state index in [9.17, 15) is 12.6 Å². The number of hydrogen-bond donors (Lipinski definition) is 0. The van der Waals surface area contributed by atoms with Crippen molar-refractivity contribution >= 4 is 37.9 Å². The summed E-state index contributed by atoms with van der Waals surface area (Å²) in [6, 6.07) is 0. The highest BCUT2D eigenvalue weighted by Crippen LogP contribution is 2.21. The first kappa shape index (κ1) is 25.2. The molecular weight excluding hydrogens is 363 g/mol. The first-order valence-corrected chi connectivity index (χ1v) is 15.8. The first-order valence-electron chi connectivity index (χ1n) is 5.26. The molecule has 0 aliphatic carbocycles. The monoisotopic (exact) mass is 388 g/mol. The molecule has 0 heterocycles. The molecule has 0 bridgehead atoms. The topological polar surface area (TPSA) is 51.2 Å². The van der Waals surface area contributed by atoms with Gasteiger partial charge in [-0.3, -0.25) is 0 Å². The molecule has 3 nitrogen and oxygen atoms in total. The average Bonchev–Trinajstić information content (AvgIpc) is 1.65. The molecule has 0 aliphatic heterocycles. The molecule has 0 radical (unpaired) electrons. The van der Waals surface area contributed by atoms with Crippen LogP contribution in [-0.2, 0) is 42.4 Å². The number of hydrogen-bond acceptors (Lipinski definition) is 3. The van der Waals surface area contributed by atoms with Crippen LogP contribution in [0.2, 0.25) is 6.55 Å². The second-order valence-electron chi connectivity index (χ2n) is 6.24. The van der Waals surface area contributed by atoms with Crippen molar-refractivity contribution in [2.45, 2.75) is 6.55 Å². The summed E-state index contributed by atoms with van der Waals surface area (Å²) in [6.07, 6.45) is 10.3. The molecule has 0 aromatic heterocycles. The smallest absolute Gasteiger partial charge is 0.101 e. The second kappa shape index (κ2) is 8.03. The SMILES string of the molecule is C[Si]([CH-][S+](C)(C)=O)(C[S+](C)(C)=O)C[S+](C)(C)=O.[Cl-].[Cl-]. The summed E-state index contributed by atoms with van der Waals surface area (Å²) in [4.78, 5) is 0. The minimum atomic E-state index is -2.11. The Morgan fingerprint density at radius 1 is 0.789 bits per heavy atom. The molecule has 0 amide bonds. The van der Waals surface area contributed by atoms with Crippen molar-refractivity contribution < 1.29 is 37.4 Å². The van der Waals surface area contributed by atoms with Gasteiger partial charge in [0.1, 0.15) is 25.0 Å². The van der Waals surface area contributed by atoms with Crippen molar-refractivity contribution in [2.24, 2.45) is 0 Å². The van der Waals surface area contributed by atoms with Crippen LogP contribution in [0.1, 0.15) is 0 Å². The first-order chi connectivity index (χ1) is 7.12. The van der Waals surface area contributed by atoms with Crippen molar-refractivity contribution in [3.63, 3.8) is 0 Å². The van der Waals surface area contributed by atoms with E-state index in [0.29, 0.717) is 10.8 Å². The lowest BCUT2D eigenvalue weighted by atomic mass is 11.7. The summed E-state index contributed by atoms with van der Waals surface area (Å²) < 4.78 is 36.0. The average molecular weight is 390 g/mol. The van der Waals surface area contributed by atoms with Gasteiger partial charge in [0.15, 0.2) is 0 Å². The van der Waals surface area contributed by atoms with E-state index in [-0.39, 0.29) is 24.8 Å². The molecule has 0 saturated carbocycles. The zero-order valence-corrected chi connectivity index (χ0v) is 17.7. The van der Waals surface area contributed by atoms with E-state index in [0.717, 1.165) is 0 Å². The molecule has 120 valence electrons. The van der Waals surface area contributed by atoms with Crippen LogP contribution < -0.4 is 24.8 Å². The zero-order valence-electron chi connectivity index (χ0n) is 12.7. The second-order valence-corrected chi connectivity index (χ2v) is 21.2. The molecule has 0 aliphatic rings. The summed E-state index contributed by atoms with van der Waals surface area (Å²) in [7, 11) is -7.89. The lowest BCUT2D eigenvalue weighted by molar-refractivity contribution is -0.00100. The molecule has 0 saturated heterocycles. The van der Waals surface area contributed by atoms with E-state index in [1.807, 2.05) is 11.9 Å². The lowest BCUT2D eigenvalue weighted by Crippen LogP contribution is -3.00. The Labute approximate surface area is 135 Å². The maximum atomic E-state index is 12.0. The molecule has 0 spiro atoms. The largest absolute Gasteiger partial charge is 1.00 e. The summed E-state index contributed by atoms with van der Waals surface area (Å²) in [5.74, 6) is 0. The Balaban J connectivity index is -0.00000128. The summed E-state index contributed by atoms with van der Waals surface area (Å²) in [5, 5.41) is 3.02. The standard InChI is InChI=1S/C10H26O3S3Si.2ClH/c1-14(2,11)8-17(7,9-15(3,4)12)10-16(5,6)13;;/h8H,9-10H2,1-7H3;2*1H/q+2;;/p-2. The van der Waals surface area contributed by atoms with Crippen molar-refractivity contribution in [1.82, 2.24) is 0 Å². The Kier molecular flexibility index (Phi) is 10.7. The van der Waals surface area contributed by atoms with Crippen LogP contribution in [0.3, 0.4) is 0 Å². The van der Waals surface area contributed by atoms with Crippen LogP contribution >= 0.6 is 0 Å². The number of halogens is 2. The lowest BCUT2D eigenvalue weighted by Gasteiger charge is -2.31. The fourth-order valence-electron chi connectivity index (χ4n) is 2.38. The van der Waals surface area contributed by atoms with Gasteiger partial charge in [0, 0.05) is 0 Å². The number of rotatable bonds is 6. The van der Waals surface area contributed by atoms with Crippen LogP contribution in [0.15, 0.2) is 0 Å². The Hall–Kier alpha value is 1.25. The van der Waals surface area contributed by atoms with Gasteiger partial charge in [-0.15, -0.1) is 12.6 Å². The molecule has 9 heteroatoms. The van der Waals surface area contributed by atoms with Gasteiger partial charge in [-0.05, 0) is 0 Å². The quantitative estimate of drug-likeness (QED) is 0.260. The molecular formula is C10H26Cl2O3S3Si. The van der Waals surface area contributed by atoms with Crippen molar-refractivity contribution in [3.05, 3.63) is 5.38 Å². The third-order valence-electron chi connectivity index (χ3n) is 1.92. The molecule has 0 atom stereocenters. The highest BCUT2D eigenvalue weighted by molar-refractivity contribution is 8.08. The van der Waals surface area contributed by atoms with Crippen molar-refractivity contribution in [3.8, 4) is 0 Å². The Morgan fingerprint density at radius 3 is 1.21 bits per heavy atom. The molecule has 19 heavy (non-hydrogen) atoms.